The molecule has 170 valence electrons. The summed E-state index contributed by atoms with van der Waals surface area (Å²) in [7, 11) is 1.29. The number of hydrogen-bond donors (Lipinski definition) is 0. The Morgan fingerprint density at radius 1 is 1.16 bits per heavy atom. The Morgan fingerprint density at radius 3 is 2.62 bits per heavy atom. The number of aromatic nitrogens is 1. The predicted molar refractivity (Wildman–Crippen MR) is 113 cm³/mol. The number of ether oxygens (including phenoxy) is 2. The molecule has 3 rings (SSSR count). The van der Waals surface area contributed by atoms with Crippen LogP contribution < -0.4 is 0 Å². The van der Waals surface area contributed by atoms with E-state index >= 15 is 0 Å². The van der Waals surface area contributed by atoms with Crippen LogP contribution in [0.25, 0.3) is 0 Å². The molecule has 2 heterocycles. The molecule has 32 heavy (non-hydrogen) atoms. The lowest BCUT2D eigenvalue weighted by molar-refractivity contribution is -0.142. The van der Waals surface area contributed by atoms with E-state index in [1.54, 1.807) is 30.6 Å². The number of methoxy groups -OCH3 is 1. The van der Waals surface area contributed by atoms with Crippen molar-refractivity contribution in [2.24, 2.45) is 0 Å². The molecule has 1 aliphatic heterocycles. The van der Waals surface area contributed by atoms with Gasteiger partial charge in [0.25, 0.3) is 0 Å². The lowest BCUT2D eigenvalue weighted by atomic mass is 10.1. The highest BCUT2D eigenvalue weighted by Gasteiger charge is 2.31. The van der Waals surface area contributed by atoms with Crippen molar-refractivity contribution in [1.82, 2.24) is 14.8 Å². The van der Waals surface area contributed by atoms with Gasteiger partial charge in [0.1, 0.15) is 5.82 Å². The maximum atomic E-state index is 14.0. The van der Waals surface area contributed by atoms with Crippen LogP contribution in [0.5, 0.6) is 0 Å². The summed E-state index contributed by atoms with van der Waals surface area (Å²) in [6.45, 7) is 0.685. The van der Waals surface area contributed by atoms with Gasteiger partial charge in [-0.1, -0.05) is 18.2 Å². The van der Waals surface area contributed by atoms with Crippen LogP contribution in [0.4, 0.5) is 4.39 Å². The second-order valence-corrected chi connectivity index (χ2v) is 7.50. The van der Waals surface area contributed by atoms with Crippen molar-refractivity contribution < 1.29 is 28.2 Å². The van der Waals surface area contributed by atoms with Gasteiger partial charge < -0.3 is 19.3 Å². The standard InChI is InChI=1S/C23H26FN3O5/c1-31-23(30)8-11-26-13-19(32-16-17-6-9-25-10-7-17)14-27(15-22(26)29)21(28)12-18-4-2-3-5-20(18)24/h2-7,9-10,19H,8,11-16H2,1H3/t19-/m0/s1. The van der Waals surface area contributed by atoms with E-state index in [2.05, 4.69) is 9.72 Å². The zero-order chi connectivity index (χ0) is 22.9. The highest BCUT2D eigenvalue weighted by atomic mass is 19.1. The van der Waals surface area contributed by atoms with E-state index in [-0.39, 0.29) is 63.0 Å². The fraction of sp³-hybridized carbons (Fsp3) is 0.391. The minimum absolute atomic E-state index is 0.0441. The molecular formula is C23H26FN3O5. The molecule has 1 atom stereocenters. The van der Waals surface area contributed by atoms with Crippen LogP contribution in [0.1, 0.15) is 17.5 Å². The Bertz CT molecular complexity index is 940. The van der Waals surface area contributed by atoms with E-state index in [0.717, 1.165) is 5.56 Å². The van der Waals surface area contributed by atoms with Gasteiger partial charge >= 0.3 is 5.97 Å². The van der Waals surface area contributed by atoms with Crippen LogP contribution in [-0.2, 0) is 36.9 Å². The van der Waals surface area contributed by atoms with Crippen LogP contribution >= 0.6 is 0 Å². The molecule has 1 saturated heterocycles. The highest BCUT2D eigenvalue weighted by molar-refractivity contribution is 5.86. The fourth-order valence-corrected chi connectivity index (χ4v) is 3.43. The molecule has 0 spiro atoms. The average molecular weight is 443 g/mol. The van der Waals surface area contributed by atoms with E-state index < -0.39 is 17.9 Å². The van der Waals surface area contributed by atoms with E-state index in [1.165, 1.54) is 23.0 Å². The smallest absolute Gasteiger partial charge is 0.307 e. The van der Waals surface area contributed by atoms with Gasteiger partial charge in [0, 0.05) is 32.0 Å². The molecule has 2 aromatic rings. The number of benzene rings is 1. The summed E-state index contributed by atoms with van der Waals surface area (Å²) in [5.74, 6) is -1.56. The lowest BCUT2D eigenvalue weighted by Crippen LogP contribution is -2.40. The van der Waals surface area contributed by atoms with Gasteiger partial charge in [0.2, 0.25) is 11.8 Å². The number of carbonyl (C=O) groups is 3. The monoisotopic (exact) mass is 443 g/mol. The molecule has 0 aliphatic carbocycles. The van der Waals surface area contributed by atoms with Crippen molar-refractivity contribution in [1.29, 1.82) is 0 Å². The fourth-order valence-electron chi connectivity index (χ4n) is 3.43. The van der Waals surface area contributed by atoms with Crippen LogP contribution in [0.2, 0.25) is 0 Å². The van der Waals surface area contributed by atoms with Gasteiger partial charge in [-0.15, -0.1) is 0 Å². The molecule has 9 heteroatoms. The molecule has 8 nitrogen and oxygen atoms in total. The molecule has 1 fully saturated rings. The van der Waals surface area contributed by atoms with E-state index in [9.17, 15) is 18.8 Å². The van der Waals surface area contributed by atoms with Gasteiger partial charge in [-0.3, -0.25) is 19.4 Å². The maximum Gasteiger partial charge on any atom is 0.307 e. The Balaban J connectivity index is 1.72. The van der Waals surface area contributed by atoms with Gasteiger partial charge in [0.05, 0.1) is 39.2 Å². The van der Waals surface area contributed by atoms with Gasteiger partial charge in [-0.25, -0.2) is 4.39 Å². The molecule has 2 amide bonds. The number of pyridine rings is 1. The second-order valence-electron chi connectivity index (χ2n) is 7.50. The molecule has 1 aromatic carbocycles. The van der Waals surface area contributed by atoms with E-state index in [0.29, 0.717) is 0 Å². The number of nitrogens with zero attached hydrogens (tertiary/aromatic N) is 3. The number of halogens is 1. The maximum absolute atomic E-state index is 14.0. The molecule has 0 saturated carbocycles. The topological polar surface area (TPSA) is 89.0 Å². The van der Waals surface area contributed by atoms with Crippen LogP contribution in [0, 0.1) is 5.82 Å². The summed E-state index contributed by atoms with van der Waals surface area (Å²) in [5, 5.41) is 0. The Labute approximate surface area is 185 Å². The van der Waals surface area contributed by atoms with Gasteiger partial charge in [-0.05, 0) is 29.3 Å². The first-order valence-electron chi connectivity index (χ1n) is 10.3. The zero-order valence-electron chi connectivity index (χ0n) is 17.9. The number of esters is 1. The summed E-state index contributed by atoms with van der Waals surface area (Å²) in [6.07, 6.45) is 2.73. The normalized spacial score (nSPS) is 16.6. The third kappa shape index (κ3) is 6.58. The van der Waals surface area contributed by atoms with Gasteiger partial charge in [0.15, 0.2) is 0 Å². The zero-order valence-corrected chi connectivity index (χ0v) is 17.9. The molecule has 0 radical (unpaired) electrons. The van der Waals surface area contributed by atoms with Crippen molar-refractivity contribution in [3.8, 4) is 0 Å². The number of hydrogen-bond acceptors (Lipinski definition) is 6. The first-order valence-corrected chi connectivity index (χ1v) is 10.3. The van der Waals surface area contributed by atoms with Crippen LogP contribution in [-0.4, -0.2) is 72.0 Å². The Kier molecular flexibility index (Phi) is 8.27. The average Bonchev–Trinajstić information content (AvgIpc) is 2.96. The molecule has 0 unspecified atom stereocenters. The quantitative estimate of drug-likeness (QED) is 0.576. The number of rotatable bonds is 8. The molecule has 1 aromatic heterocycles. The highest BCUT2D eigenvalue weighted by Crippen LogP contribution is 2.15. The summed E-state index contributed by atoms with van der Waals surface area (Å²) in [6, 6.07) is 9.70. The number of carbonyl (C=O) groups excluding carboxylic acids is 3. The molecule has 0 bridgehead atoms. The minimum Gasteiger partial charge on any atom is -0.469 e. The lowest BCUT2D eigenvalue weighted by Gasteiger charge is -2.24. The summed E-state index contributed by atoms with van der Waals surface area (Å²) in [5.41, 5.74) is 1.17. The van der Waals surface area contributed by atoms with E-state index in [1.807, 2.05) is 12.1 Å². The second kappa shape index (κ2) is 11.3. The first-order chi connectivity index (χ1) is 15.5. The third-order valence-electron chi connectivity index (χ3n) is 5.23. The van der Waals surface area contributed by atoms with Crippen molar-refractivity contribution in [2.75, 3.05) is 33.3 Å². The summed E-state index contributed by atoms with van der Waals surface area (Å²) in [4.78, 5) is 44.1. The van der Waals surface area contributed by atoms with Crippen LogP contribution in [0.3, 0.4) is 0 Å². The predicted octanol–water partition coefficient (Wildman–Crippen LogP) is 1.58. The SMILES string of the molecule is COC(=O)CCN1C[C@H](OCc2ccncc2)CN(C(=O)Cc2ccccc2F)CC1=O. The van der Waals surface area contributed by atoms with Crippen molar-refractivity contribution in [3.05, 3.63) is 65.7 Å². The Morgan fingerprint density at radius 2 is 1.91 bits per heavy atom. The van der Waals surface area contributed by atoms with Crippen molar-refractivity contribution in [3.63, 3.8) is 0 Å². The summed E-state index contributed by atoms with van der Waals surface area (Å²) >= 11 is 0. The molecule has 1 aliphatic rings. The van der Waals surface area contributed by atoms with E-state index in [4.69, 9.17) is 4.74 Å². The molecular weight excluding hydrogens is 417 g/mol. The first kappa shape index (κ1) is 23.3. The molecule has 0 N–H and O–H groups in total. The van der Waals surface area contributed by atoms with Gasteiger partial charge in [-0.2, -0.15) is 0 Å². The van der Waals surface area contributed by atoms with Crippen LogP contribution in [0.15, 0.2) is 48.8 Å². The largest absolute Gasteiger partial charge is 0.469 e. The minimum atomic E-state index is -0.475. The van der Waals surface area contributed by atoms with Crippen molar-refractivity contribution in [2.45, 2.75) is 25.6 Å². The summed E-state index contributed by atoms with van der Waals surface area (Å²) < 4.78 is 24.7. The third-order valence-corrected chi connectivity index (χ3v) is 5.23. The number of amides is 2. The Hall–Kier alpha value is -3.33. The van der Waals surface area contributed by atoms with Crippen molar-refractivity contribution >= 4 is 17.8 Å².